The van der Waals surface area contributed by atoms with Crippen LogP contribution in [0, 0.1) is 57.2 Å². The van der Waals surface area contributed by atoms with E-state index >= 15 is 0 Å². The molecule has 0 heterocycles. The van der Waals surface area contributed by atoms with Gasteiger partial charge in [-0.25, -0.2) is 9.59 Å². The molecule has 2 fully saturated rings. The fourth-order valence-corrected chi connectivity index (χ4v) is 14.0. The fraction of sp³-hybridized carbons (Fsp3) is 0.621. The molecular formula is C58H76O10. The molecular weight excluding hydrogens is 857 g/mol. The van der Waals surface area contributed by atoms with Gasteiger partial charge in [0, 0.05) is 0 Å². The predicted octanol–water partition coefficient (Wildman–Crippen LogP) is 11.2. The minimum Gasteiger partial charge on any atom is -0.462 e. The molecule has 368 valence electrons. The van der Waals surface area contributed by atoms with Gasteiger partial charge in [-0.05, 0) is 171 Å². The third kappa shape index (κ3) is 9.54. The number of aliphatic hydroxyl groups is 2. The molecule has 10 heteroatoms. The van der Waals surface area contributed by atoms with Gasteiger partial charge in [0.15, 0.2) is 0 Å². The molecule has 0 spiro atoms. The van der Waals surface area contributed by atoms with Gasteiger partial charge in [0.1, 0.15) is 38.6 Å². The number of esters is 4. The van der Waals surface area contributed by atoms with E-state index in [1.165, 1.54) is 22.3 Å². The fourth-order valence-electron chi connectivity index (χ4n) is 14.0. The molecule has 0 amide bonds. The molecule has 0 aromatic heterocycles. The zero-order valence-corrected chi connectivity index (χ0v) is 41.9. The van der Waals surface area contributed by atoms with E-state index < -0.39 is 35.0 Å². The average molecular weight is 933 g/mol. The molecule has 0 bridgehead atoms. The number of fused-ring (bicyclic) bond motifs is 7. The zero-order valence-electron chi connectivity index (χ0n) is 41.9. The van der Waals surface area contributed by atoms with Crippen molar-refractivity contribution in [3.8, 4) is 0 Å². The summed E-state index contributed by atoms with van der Waals surface area (Å²) in [4.78, 5) is 53.8. The van der Waals surface area contributed by atoms with Crippen LogP contribution >= 0.6 is 0 Å². The monoisotopic (exact) mass is 933 g/mol. The number of hydrogen-bond donors (Lipinski definition) is 2. The van der Waals surface area contributed by atoms with Crippen LogP contribution in [0.25, 0.3) is 10.8 Å². The standard InChI is InChI=1S/C58H76O10/c1-35(2)37-15-19-47-41(27-37)17-21-49-55(47,5)23-9-25-57(49,7)53(63)67-33-45(59)31-65-51(61)43-13-11-40-30-44(14-12-39(40)29-43)52(62)66-32-46(60)34-68-54(64)58(8)26-10-24-56(6)48-20-16-38(36(3)4)28-42(48)18-22-50(56)58/h11-14,17-18,27-30,35-36,45-50,59-60H,9-10,15-16,19-26,31-34H2,1-8H3/t45?,46?,47-,48-,49?,50?,55+,56+,57+,58+/m0/s1. The van der Waals surface area contributed by atoms with Gasteiger partial charge < -0.3 is 29.2 Å². The number of ether oxygens (including phenoxy) is 4. The summed E-state index contributed by atoms with van der Waals surface area (Å²) in [7, 11) is 0. The third-order valence-electron chi connectivity index (χ3n) is 18.0. The Hall–Kier alpha value is -4.54. The normalized spacial score (nSPS) is 31.9. The van der Waals surface area contributed by atoms with Crippen LogP contribution in [0.1, 0.15) is 153 Å². The van der Waals surface area contributed by atoms with Gasteiger partial charge >= 0.3 is 23.9 Å². The molecule has 0 saturated heterocycles. The molecule has 0 aliphatic heterocycles. The number of rotatable bonds is 14. The molecule has 0 radical (unpaired) electrons. The smallest absolute Gasteiger partial charge is 0.338 e. The highest BCUT2D eigenvalue weighted by molar-refractivity contribution is 5.99. The van der Waals surface area contributed by atoms with Crippen molar-refractivity contribution < 1.29 is 48.3 Å². The minimum atomic E-state index is -1.19. The van der Waals surface area contributed by atoms with E-state index in [1.54, 1.807) is 36.4 Å². The van der Waals surface area contributed by atoms with Crippen molar-refractivity contribution in [1.29, 1.82) is 0 Å². The number of hydrogen-bond acceptors (Lipinski definition) is 10. The molecule has 2 saturated carbocycles. The highest BCUT2D eigenvalue weighted by atomic mass is 16.6. The van der Waals surface area contributed by atoms with E-state index in [0.717, 1.165) is 77.0 Å². The van der Waals surface area contributed by atoms with E-state index in [2.05, 4.69) is 65.8 Å². The maximum Gasteiger partial charge on any atom is 0.338 e. The first-order valence-corrected chi connectivity index (χ1v) is 25.7. The van der Waals surface area contributed by atoms with E-state index in [4.69, 9.17) is 18.9 Å². The molecule has 6 aliphatic rings. The van der Waals surface area contributed by atoms with Crippen LogP contribution < -0.4 is 0 Å². The van der Waals surface area contributed by atoms with Crippen LogP contribution in [0.15, 0.2) is 83.0 Å². The Kier molecular flexibility index (Phi) is 14.4. The van der Waals surface area contributed by atoms with Crippen LogP contribution in [0.5, 0.6) is 0 Å². The Bertz CT molecular complexity index is 2240. The zero-order chi connectivity index (χ0) is 48.8. The summed E-state index contributed by atoms with van der Waals surface area (Å²) in [5, 5.41) is 22.9. The van der Waals surface area contributed by atoms with E-state index in [-0.39, 0.29) is 72.2 Å². The molecule has 2 N–H and O–H groups in total. The first kappa shape index (κ1) is 49.9. The first-order chi connectivity index (χ1) is 32.3. The van der Waals surface area contributed by atoms with Gasteiger partial charge in [-0.2, -0.15) is 0 Å². The van der Waals surface area contributed by atoms with Gasteiger partial charge in [0.2, 0.25) is 0 Å². The Morgan fingerprint density at radius 2 is 0.956 bits per heavy atom. The second-order valence-corrected chi connectivity index (χ2v) is 22.9. The summed E-state index contributed by atoms with van der Waals surface area (Å²) >= 11 is 0. The summed E-state index contributed by atoms with van der Waals surface area (Å²) in [5.41, 5.74) is 5.04. The number of carbonyl (C=O) groups is 4. The summed E-state index contributed by atoms with van der Waals surface area (Å²) in [6.07, 6.45) is 18.7. The van der Waals surface area contributed by atoms with Crippen LogP contribution in [0.3, 0.4) is 0 Å². The predicted molar refractivity (Wildman–Crippen MR) is 262 cm³/mol. The Morgan fingerprint density at radius 1 is 0.574 bits per heavy atom. The highest BCUT2D eigenvalue weighted by Gasteiger charge is 2.59. The van der Waals surface area contributed by atoms with Gasteiger partial charge in [0.25, 0.3) is 0 Å². The lowest BCUT2D eigenvalue weighted by Crippen LogP contribution is -2.53. The van der Waals surface area contributed by atoms with Gasteiger partial charge in [-0.15, -0.1) is 0 Å². The topological polar surface area (TPSA) is 146 Å². The number of benzene rings is 2. The summed E-state index contributed by atoms with van der Waals surface area (Å²) in [6.45, 7) is 16.6. The minimum absolute atomic E-state index is 0.00288. The quantitative estimate of drug-likeness (QED) is 0.139. The van der Waals surface area contributed by atoms with Crippen molar-refractivity contribution in [2.75, 3.05) is 26.4 Å². The van der Waals surface area contributed by atoms with Gasteiger partial charge in [-0.1, -0.05) is 102 Å². The number of allylic oxidation sites excluding steroid dienone is 8. The summed E-state index contributed by atoms with van der Waals surface area (Å²) < 4.78 is 22.5. The van der Waals surface area contributed by atoms with Crippen molar-refractivity contribution >= 4 is 34.6 Å². The maximum absolute atomic E-state index is 13.8. The Labute approximate surface area is 404 Å². The molecule has 6 aliphatic carbocycles. The number of aliphatic hydroxyl groups excluding tert-OH is 2. The van der Waals surface area contributed by atoms with Crippen LogP contribution in [0.4, 0.5) is 0 Å². The molecule has 8 rings (SSSR count). The van der Waals surface area contributed by atoms with Crippen LogP contribution in [0.2, 0.25) is 0 Å². The lowest BCUT2D eigenvalue weighted by Gasteiger charge is -2.57. The summed E-state index contributed by atoms with van der Waals surface area (Å²) in [6, 6.07) is 9.82. The van der Waals surface area contributed by atoms with Crippen molar-refractivity contribution in [3.63, 3.8) is 0 Å². The molecule has 2 aromatic rings. The maximum atomic E-state index is 13.8. The second kappa shape index (κ2) is 19.7. The molecule has 68 heavy (non-hydrogen) atoms. The molecule has 4 unspecified atom stereocenters. The average Bonchev–Trinajstić information content (AvgIpc) is 3.32. The van der Waals surface area contributed by atoms with Crippen LogP contribution in [-0.2, 0) is 28.5 Å². The lowest BCUT2D eigenvalue weighted by molar-refractivity contribution is -0.173. The largest absolute Gasteiger partial charge is 0.462 e. The Morgan fingerprint density at radius 3 is 1.34 bits per heavy atom. The van der Waals surface area contributed by atoms with Gasteiger partial charge in [0.05, 0.1) is 22.0 Å². The number of carbonyl (C=O) groups excluding carboxylic acids is 4. The third-order valence-corrected chi connectivity index (χ3v) is 18.0. The molecule has 10 nitrogen and oxygen atoms in total. The van der Waals surface area contributed by atoms with E-state index in [0.29, 0.717) is 34.4 Å². The SMILES string of the molecule is CC(C)C1=CC2=CCC3[C@](C)(C(=O)OCC(O)COC(=O)c4ccc5cc(C(=O)OCC(O)COC(=O)[C@]6(C)CCC[C@@]7(C)C6CC=C6C=C(C(C)C)CC[C@@H]67)ccc5c4)CCC[C@]3(C)[C@H]2CC1. The summed E-state index contributed by atoms with van der Waals surface area (Å²) in [5.74, 6) is 0.314. The first-order valence-electron chi connectivity index (χ1n) is 25.7. The highest BCUT2D eigenvalue weighted by Crippen LogP contribution is 2.64. The van der Waals surface area contributed by atoms with E-state index in [1.807, 2.05) is 13.8 Å². The lowest BCUT2D eigenvalue weighted by atomic mass is 9.47. The van der Waals surface area contributed by atoms with E-state index in [9.17, 15) is 29.4 Å². The van der Waals surface area contributed by atoms with Crippen molar-refractivity contribution in [2.45, 2.75) is 145 Å². The van der Waals surface area contributed by atoms with Crippen molar-refractivity contribution in [2.24, 2.45) is 57.2 Å². The molecule has 10 atom stereocenters. The van der Waals surface area contributed by atoms with Crippen molar-refractivity contribution in [3.05, 3.63) is 94.1 Å². The van der Waals surface area contributed by atoms with Crippen molar-refractivity contribution in [1.82, 2.24) is 0 Å². The van der Waals surface area contributed by atoms with Crippen LogP contribution in [-0.4, -0.2) is 72.7 Å². The second-order valence-electron chi connectivity index (χ2n) is 22.9. The van der Waals surface area contributed by atoms with Gasteiger partial charge in [-0.3, -0.25) is 9.59 Å². The Balaban J connectivity index is 0.788. The molecule has 2 aromatic carbocycles.